The highest BCUT2D eigenvalue weighted by Crippen LogP contribution is 2.38. The van der Waals surface area contributed by atoms with Crippen LogP contribution in [0.25, 0.3) is 0 Å². The maximum Gasteiger partial charge on any atom is 0.256 e. The fraction of sp³-hybridized carbons (Fsp3) is 0.633. The highest BCUT2D eigenvalue weighted by molar-refractivity contribution is 6.01. The molecule has 1 atom stereocenters. The van der Waals surface area contributed by atoms with Crippen LogP contribution in [0.4, 0.5) is 21.6 Å². The second-order valence-corrected chi connectivity index (χ2v) is 11.6. The SMILES string of the molecule is CCN(C(=O)c1cc(F)ccc1N1CCN(CC2CCN(CC3CCCCC3)C2)c2ncncc21)C(C)C. The highest BCUT2D eigenvalue weighted by Gasteiger charge is 2.32. The molecule has 2 aromatic rings. The number of carbonyl (C=O) groups excluding carboxylic acids is 1. The Kier molecular flexibility index (Phi) is 8.46. The molecule has 0 radical (unpaired) electrons. The van der Waals surface area contributed by atoms with Gasteiger partial charge in [0.05, 0.1) is 17.4 Å². The molecule has 1 saturated heterocycles. The molecular weight excluding hydrogens is 479 g/mol. The molecule has 1 amide bonds. The predicted molar refractivity (Wildman–Crippen MR) is 151 cm³/mol. The van der Waals surface area contributed by atoms with Gasteiger partial charge in [0, 0.05) is 45.3 Å². The second-order valence-electron chi connectivity index (χ2n) is 11.6. The van der Waals surface area contributed by atoms with E-state index in [0.717, 1.165) is 37.1 Å². The van der Waals surface area contributed by atoms with Gasteiger partial charge in [-0.2, -0.15) is 0 Å². The van der Waals surface area contributed by atoms with Crippen molar-refractivity contribution in [2.24, 2.45) is 11.8 Å². The zero-order chi connectivity index (χ0) is 26.6. The third-order valence-corrected chi connectivity index (χ3v) is 8.65. The van der Waals surface area contributed by atoms with E-state index in [1.165, 1.54) is 63.7 Å². The van der Waals surface area contributed by atoms with E-state index in [0.29, 0.717) is 30.3 Å². The quantitative estimate of drug-likeness (QED) is 0.466. The number of hydrogen-bond acceptors (Lipinski definition) is 6. The van der Waals surface area contributed by atoms with E-state index in [1.54, 1.807) is 17.3 Å². The summed E-state index contributed by atoms with van der Waals surface area (Å²) < 4.78 is 14.4. The summed E-state index contributed by atoms with van der Waals surface area (Å²) in [5, 5.41) is 0. The summed E-state index contributed by atoms with van der Waals surface area (Å²) in [4.78, 5) is 31.5. The zero-order valence-corrected chi connectivity index (χ0v) is 23.3. The van der Waals surface area contributed by atoms with Gasteiger partial charge in [-0.05, 0) is 76.6 Å². The van der Waals surface area contributed by atoms with Crippen molar-refractivity contribution in [3.05, 3.63) is 42.1 Å². The van der Waals surface area contributed by atoms with Crippen LogP contribution in [-0.4, -0.2) is 77.5 Å². The second kappa shape index (κ2) is 12.0. The van der Waals surface area contributed by atoms with E-state index in [1.807, 2.05) is 27.0 Å². The molecule has 2 aliphatic heterocycles. The van der Waals surface area contributed by atoms with Gasteiger partial charge in [0.25, 0.3) is 5.91 Å². The molecule has 0 bridgehead atoms. The summed E-state index contributed by atoms with van der Waals surface area (Å²) in [6, 6.07) is 4.56. The lowest BCUT2D eigenvalue weighted by molar-refractivity contribution is 0.0717. The molecule has 3 heterocycles. The van der Waals surface area contributed by atoms with Gasteiger partial charge < -0.3 is 19.6 Å². The third kappa shape index (κ3) is 5.80. The summed E-state index contributed by atoms with van der Waals surface area (Å²) in [5.74, 6) is 1.85. The molecule has 1 unspecified atom stereocenters. The van der Waals surface area contributed by atoms with Crippen LogP contribution in [0.1, 0.15) is 69.7 Å². The van der Waals surface area contributed by atoms with Crippen molar-refractivity contribution >= 4 is 23.1 Å². The van der Waals surface area contributed by atoms with Crippen molar-refractivity contribution in [1.29, 1.82) is 0 Å². The summed E-state index contributed by atoms with van der Waals surface area (Å²) >= 11 is 0. The molecule has 7 nitrogen and oxygen atoms in total. The third-order valence-electron chi connectivity index (χ3n) is 8.65. The van der Waals surface area contributed by atoms with Gasteiger partial charge in [0.1, 0.15) is 17.8 Å². The fourth-order valence-electron chi connectivity index (χ4n) is 6.71. The molecule has 5 rings (SSSR count). The van der Waals surface area contributed by atoms with Gasteiger partial charge in [-0.25, -0.2) is 14.4 Å². The van der Waals surface area contributed by atoms with Gasteiger partial charge in [-0.3, -0.25) is 4.79 Å². The van der Waals surface area contributed by atoms with E-state index in [4.69, 9.17) is 4.98 Å². The Balaban J connectivity index is 1.33. The summed E-state index contributed by atoms with van der Waals surface area (Å²) in [6.07, 6.45) is 11.7. The lowest BCUT2D eigenvalue weighted by Gasteiger charge is -2.39. The Morgan fingerprint density at radius 1 is 1.05 bits per heavy atom. The zero-order valence-electron chi connectivity index (χ0n) is 23.3. The van der Waals surface area contributed by atoms with Crippen LogP contribution in [0.5, 0.6) is 0 Å². The largest absolute Gasteiger partial charge is 0.353 e. The molecule has 3 aliphatic rings. The van der Waals surface area contributed by atoms with E-state index < -0.39 is 5.82 Å². The van der Waals surface area contributed by atoms with Gasteiger partial charge >= 0.3 is 0 Å². The van der Waals surface area contributed by atoms with Gasteiger partial charge in [-0.15, -0.1) is 0 Å². The highest BCUT2D eigenvalue weighted by atomic mass is 19.1. The molecule has 38 heavy (non-hydrogen) atoms. The number of amides is 1. The number of likely N-dealkylation sites (tertiary alicyclic amines) is 1. The Labute approximate surface area is 227 Å². The predicted octanol–water partition coefficient (Wildman–Crippen LogP) is 5.35. The van der Waals surface area contributed by atoms with E-state index >= 15 is 0 Å². The average Bonchev–Trinajstić information content (AvgIpc) is 3.36. The topological polar surface area (TPSA) is 55.8 Å². The number of rotatable bonds is 8. The van der Waals surface area contributed by atoms with Crippen molar-refractivity contribution in [3.63, 3.8) is 0 Å². The monoisotopic (exact) mass is 522 g/mol. The average molecular weight is 523 g/mol. The first-order chi connectivity index (χ1) is 18.4. The lowest BCUT2D eigenvalue weighted by atomic mass is 9.89. The van der Waals surface area contributed by atoms with Crippen molar-refractivity contribution in [2.75, 3.05) is 55.6 Å². The number of hydrogen-bond donors (Lipinski definition) is 0. The van der Waals surface area contributed by atoms with Crippen LogP contribution >= 0.6 is 0 Å². The smallest absolute Gasteiger partial charge is 0.256 e. The number of anilines is 3. The molecule has 2 fully saturated rings. The maximum atomic E-state index is 14.4. The summed E-state index contributed by atoms with van der Waals surface area (Å²) in [7, 11) is 0. The molecule has 206 valence electrons. The molecule has 1 aliphatic carbocycles. The summed E-state index contributed by atoms with van der Waals surface area (Å²) in [5.41, 5.74) is 1.98. The van der Waals surface area contributed by atoms with Crippen molar-refractivity contribution in [2.45, 2.75) is 65.3 Å². The molecule has 1 saturated carbocycles. The van der Waals surface area contributed by atoms with E-state index in [2.05, 4.69) is 19.7 Å². The maximum absolute atomic E-state index is 14.4. The number of nitrogens with zero attached hydrogens (tertiary/aromatic N) is 6. The van der Waals surface area contributed by atoms with Crippen molar-refractivity contribution in [3.8, 4) is 0 Å². The number of benzene rings is 1. The van der Waals surface area contributed by atoms with Gasteiger partial charge in [-0.1, -0.05) is 19.3 Å². The number of fused-ring (bicyclic) bond motifs is 1. The Bertz CT molecular complexity index is 1100. The molecule has 0 N–H and O–H groups in total. The first-order valence-electron chi connectivity index (χ1n) is 14.6. The lowest BCUT2D eigenvalue weighted by Crippen LogP contribution is -2.43. The minimum atomic E-state index is -0.404. The number of halogens is 1. The van der Waals surface area contributed by atoms with Crippen LogP contribution < -0.4 is 9.80 Å². The molecule has 1 aromatic heterocycles. The minimum absolute atomic E-state index is 0.0279. The van der Waals surface area contributed by atoms with Gasteiger partial charge in [0.2, 0.25) is 0 Å². The molecule has 1 aromatic carbocycles. The van der Waals surface area contributed by atoms with Crippen LogP contribution in [0.15, 0.2) is 30.7 Å². The Hall–Kier alpha value is -2.74. The Morgan fingerprint density at radius 3 is 2.63 bits per heavy atom. The van der Waals surface area contributed by atoms with Crippen LogP contribution in [0.3, 0.4) is 0 Å². The van der Waals surface area contributed by atoms with Crippen LogP contribution in [0, 0.1) is 17.7 Å². The first-order valence-corrected chi connectivity index (χ1v) is 14.6. The molecular formula is C30H43FN6O. The minimum Gasteiger partial charge on any atom is -0.353 e. The molecule has 0 spiro atoms. The van der Waals surface area contributed by atoms with E-state index in [9.17, 15) is 9.18 Å². The van der Waals surface area contributed by atoms with Crippen molar-refractivity contribution in [1.82, 2.24) is 19.8 Å². The number of aromatic nitrogens is 2. The standard InChI is InChI=1S/C30H43FN6O/c1-4-36(22(2)3)30(38)26-16-25(31)10-11-27(26)37-15-14-35(29-28(37)17-32-21-33-29)20-24-12-13-34(19-24)18-23-8-6-5-7-9-23/h10-11,16-17,21-24H,4-9,12-15,18-20H2,1-3H3. The van der Waals surface area contributed by atoms with Crippen LogP contribution in [0.2, 0.25) is 0 Å². The fourth-order valence-corrected chi connectivity index (χ4v) is 6.71. The summed E-state index contributed by atoms with van der Waals surface area (Å²) in [6.45, 7) is 12.6. The van der Waals surface area contributed by atoms with Crippen molar-refractivity contribution < 1.29 is 9.18 Å². The number of carbonyl (C=O) groups is 1. The molecule has 8 heteroatoms. The first kappa shape index (κ1) is 26.9. The Morgan fingerprint density at radius 2 is 1.87 bits per heavy atom. The van der Waals surface area contributed by atoms with E-state index in [-0.39, 0.29) is 11.9 Å². The van der Waals surface area contributed by atoms with Crippen LogP contribution in [-0.2, 0) is 0 Å². The van der Waals surface area contributed by atoms with Gasteiger partial charge in [0.15, 0.2) is 5.82 Å². The normalized spacial score (nSPS) is 20.7.